The number of nitrogens with one attached hydrogen (secondary N) is 1. The molecule has 0 spiro atoms. The van der Waals surface area contributed by atoms with Gasteiger partial charge in [-0.05, 0) is 17.7 Å². The summed E-state index contributed by atoms with van der Waals surface area (Å²) in [4.78, 5) is 8.33. The van der Waals surface area contributed by atoms with E-state index in [-0.39, 0.29) is 0 Å². The molecule has 1 N–H and O–H groups in total. The van der Waals surface area contributed by atoms with Crippen LogP contribution < -0.4 is 5.32 Å². The highest BCUT2D eigenvalue weighted by molar-refractivity contribution is 5.90. The Morgan fingerprint density at radius 1 is 1.36 bits per heavy atom. The highest BCUT2D eigenvalue weighted by Crippen LogP contribution is 2.19. The second-order valence-corrected chi connectivity index (χ2v) is 2.95. The molecule has 0 fully saturated rings. The van der Waals surface area contributed by atoms with E-state index in [1.165, 1.54) is 0 Å². The molecule has 0 radical (unpaired) electrons. The van der Waals surface area contributed by atoms with Crippen LogP contribution in [0.5, 0.6) is 0 Å². The predicted octanol–water partition coefficient (Wildman–Crippen LogP) is 2.31. The van der Waals surface area contributed by atoms with Crippen LogP contribution in [0.15, 0.2) is 31.1 Å². The number of rotatable bonds is 2. The second-order valence-electron chi connectivity index (χ2n) is 2.95. The number of hydrogen-bond donors (Lipinski definition) is 1. The molecule has 1 aromatic heterocycles. The number of fused-ring (bicyclic) bond motifs is 1. The average molecular weight is 185 g/mol. The van der Waals surface area contributed by atoms with Crippen molar-refractivity contribution in [2.24, 2.45) is 0 Å². The maximum Gasteiger partial charge on any atom is 0.137 e. The van der Waals surface area contributed by atoms with Crippen LogP contribution in [-0.4, -0.2) is 17.0 Å². The Morgan fingerprint density at radius 2 is 2.21 bits per heavy atom. The zero-order chi connectivity index (χ0) is 9.97. The first kappa shape index (κ1) is 8.69. The monoisotopic (exact) mass is 185 g/mol. The van der Waals surface area contributed by atoms with Gasteiger partial charge >= 0.3 is 0 Å². The van der Waals surface area contributed by atoms with Crippen LogP contribution in [0.4, 0.5) is 5.82 Å². The van der Waals surface area contributed by atoms with Crippen molar-refractivity contribution < 1.29 is 0 Å². The van der Waals surface area contributed by atoms with Gasteiger partial charge in [0.25, 0.3) is 0 Å². The van der Waals surface area contributed by atoms with E-state index in [1.807, 2.05) is 25.2 Å². The summed E-state index contributed by atoms with van der Waals surface area (Å²) in [6.07, 6.45) is 3.36. The van der Waals surface area contributed by atoms with Crippen molar-refractivity contribution >= 4 is 22.8 Å². The topological polar surface area (TPSA) is 37.8 Å². The first-order valence-corrected chi connectivity index (χ1v) is 4.40. The SMILES string of the molecule is C=Cc1ccc2c(NC)ncnc2c1. The first-order chi connectivity index (χ1) is 6.85. The average Bonchev–Trinajstić information content (AvgIpc) is 2.27. The van der Waals surface area contributed by atoms with Gasteiger partial charge in [0.15, 0.2) is 0 Å². The van der Waals surface area contributed by atoms with Crippen molar-refractivity contribution in [3.05, 3.63) is 36.7 Å². The molecule has 14 heavy (non-hydrogen) atoms. The molecule has 0 aliphatic carbocycles. The quantitative estimate of drug-likeness (QED) is 0.780. The molecule has 3 heteroatoms. The molecule has 1 aromatic carbocycles. The van der Waals surface area contributed by atoms with E-state index in [0.29, 0.717) is 0 Å². The minimum absolute atomic E-state index is 0.852. The van der Waals surface area contributed by atoms with Crippen LogP contribution in [0.3, 0.4) is 0 Å². The third-order valence-corrected chi connectivity index (χ3v) is 2.13. The summed E-state index contributed by atoms with van der Waals surface area (Å²) in [6, 6.07) is 5.99. The molecule has 0 amide bonds. The molecule has 70 valence electrons. The molecule has 0 atom stereocenters. The maximum atomic E-state index is 4.20. The molecule has 3 nitrogen and oxygen atoms in total. The van der Waals surface area contributed by atoms with Gasteiger partial charge in [0.1, 0.15) is 12.1 Å². The fraction of sp³-hybridized carbons (Fsp3) is 0.0909. The van der Waals surface area contributed by atoms with Crippen molar-refractivity contribution in [1.82, 2.24) is 9.97 Å². The zero-order valence-corrected chi connectivity index (χ0v) is 7.99. The molecule has 1 heterocycles. The van der Waals surface area contributed by atoms with Gasteiger partial charge in [-0.25, -0.2) is 9.97 Å². The van der Waals surface area contributed by atoms with E-state index in [0.717, 1.165) is 22.3 Å². The minimum Gasteiger partial charge on any atom is -0.373 e. The van der Waals surface area contributed by atoms with E-state index in [2.05, 4.69) is 21.9 Å². The summed E-state index contributed by atoms with van der Waals surface area (Å²) in [7, 11) is 1.85. The van der Waals surface area contributed by atoms with Crippen LogP contribution in [0.1, 0.15) is 5.56 Å². The third kappa shape index (κ3) is 1.33. The van der Waals surface area contributed by atoms with Crippen molar-refractivity contribution in [2.75, 3.05) is 12.4 Å². The Hall–Kier alpha value is -1.90. The van der Waals surface area contributed by atoms with Gasteiger partial charge in [-0.15, -0.1) is 0 Å². The number of benzene rings is 1. The Balaban J connectivity index is 2.73. The summed E-state index contributed by atoms with van der Waals surface area (Å²) in [5, 5.41) is 4.06. The van der Waals surface area contributed by atoms with Gasteiger partial charge in [-0.1, -0.05) is 18.7 Å². The van der Waals surface area contributed by atoms with Gasteiger partial charge < -0.3 is 5.32 Å². The lowest BCUT2D eigenvalue weighted by Crippen LogP contribution is -1.94. The van der Waals surface area contributed by atoms with Gasteiger partial charge in [0, 0.05) is 12.4 Å². The van der Waals surface area contributed by atoms with Gasteiger partial charge in [-0.3, -0.25) is 0 Å². The van der Waals surface area contributed by atoms with Gasteiger partial charge in [0.05, 0.1) is 5.52 Å². The number of aromatic nitrogens is 2. The number of anilines is 1. The summed E-state index contributed by atoms with van der Waals surface area (Å²) in [6.45, 7) is 3.72. The molecule has 0 saturated heterocycles. The molecule has 0 aliphatic rings. The highest BCUT2D eigenvalue weighted by atomic mass is 15.0. The third-order valence-electron chi connectivity index (χ3n) is 2.13. The Bertz CT molecular complexity index is 477. The van der Waals surface area contributed by atoms with Crippen LogP contribution in [-0.2, 0) is 0 Å². The highest BCUT2D eigenvalue weighted by Gasteiger charge is 2.00. The first-order valence-electron chi connectivity index (χ1n) is 4.40. The van der Waals surface area contributed by atoms with E-state index in [9.17, 15) is 0 Å². The van der Waals surface area contributed by atoms with Crippen molar-refractivity contribution in [3.63, 3.8) is 0 Å². The lowest BCUT2D eigenvalue weighted by atomic mass is 10.1. The standard InChI is InChI=1S/C11H11N3/c1-3-8-4-5-9-10(6-8)13-7-14-11(9)12-2/h3-7H,1H2,2H3,(H,12,13,14). The molecule has 2 rings (SSSR count). The molecule has 0 unspecified atom stereocenters. The van der Waals surface area contributed by atoms with Crippen LogP contribution in [0, 0.1) is 0 Å². The summed E-state index contributed by atoms with van der Waals surface area (Å²) in [5.74, 6) is 0.852. The van der Waals surface area contributed by atoms with Crippen LogP contribution in [0.2, 0.25) is 0 Å². The predicted molar refractivity (Wildman–Crippen MR) is 59.2 cm³/mol. The summed E-state index contributed by atoms with van der Waals surface area (Å²) < 4.78 is 0. The zero-order valence-electron chi connectivity index (χ0n) is 7.99. The molecule has 0 bridgehead atoms. The van der Waals surface area contributed by atoms with E-state index in [4.69, 9.17) is 0 Å². The van der Waals surface area contributed by atoms with Crippen LogP contribution >= 0.6 is 0 Å². The lowest BCUT2D eigenvalue weighted by molar-refractivity contribution is 1.21. The van der Waals surface area contributed by atoms with Crippen LogP contribution in [0.25, 0.3) is 17.0 Å². The normalized spacial score (nSPS) is 10.1. The lowest BCUT2D eigenvalue weighted by Gasteiger charge is -2.03. The fourth-order valence-corrected chi connectivity index (χ4v) is 1.40. The van der Waals surface area contributed by atoms with Crippen molar-refractivity contribution in [3.8, 4) is 0 Å². The Kier molecular flexibility index (Phi) is 2.14. The fourth-order valence-electron chi connectivity index (χ4n) is 1.40. The van der Waals surface area contributed by atoms with Gasteiger partial charge in [-0.2, -0.15) is 0 Å². The van der Waals surface area contributed by atoms with E-state index < -0.39 is 0 Å². The molecular weight excluding hydrogens is 174 g/mol. The Morgan fingerprint density at radius 3 is 2.93 bits per heavy atom. The van der Waals surface area contributed by atoms with Crippen molar-refractivity contribution in [2.45, 2.75) is 0 Å². The minimum atomic E-state index is 0.852. The van der Waals surface area contributed by atoms with Gasteiger partial charge in [0.2, 0.25) is 0 Å². The van der Waals surface area contributed by atoms with Crippen molar-refractivity contribution in [1.29, 1.82) is 0 Å². The second kappa shape index (κ2) is 3.46. The summed E-state index contributed by atoms with van der Waals surface area (Å²) >= 11 is 0. The smallest absolute Gasteiger partial charge is 0.137 e. The van der Waals surface area contributed by atoms with E-state index >= 15 is 0 Å². The molecule has 0 saturated carbocycles. The summed E-state index contributed by atoms with van der Waals surface area (Å²) in [5.41, 5.74) is 2.00. The molecule has 0 aliphatic heterocycles. The Labute approximate surface area is 82.5 Å². The molecule has 2 aromatic rings. The van der Waals surface area contributed by atoms with E-state index in [1.54, 1.807) is 12.4 Å². The largest absolute Gasteiger partial charge is 0.373 e. The maximum absolute atomic E-state index is 4.20. The molecular formula is C11H11N3. The number of hydrogen-bond acceptors (Lipinski definition) is 3. The number of nitrogens with zero attached hydrogens (tertiary/aromatic N) is 2.